The van der Waals surface area contributed by atoms with E-state index in [0.29, 0.717) is 42.4 Å². The molecule has 12 heteroatoms. The zero-order chi connectivity index (χ0) is 27.8. The summed E-state index contributed by atoms with van der Waals surface area (Å²) in [6, 6.07) is 17.9. The van der Waals surface area contributed by atoms with Crippen LogP contribution in [0, 0.1) is 0 Å². The lowest BCUT2D eigenvalue weighted by molar-refractivity contribution is -0.285. The highest BCUT2D eigenvalue weighted by Crippen LogP contribution is 2.35. The van der Waals surface area contributed by atoms with E-state index < -0.39 is 24.0 Å². The van der Waals surface area contributed by atoms with Crippen molar-refractivity contribution >= 4 is 34.3 Å². The summed E-state index contributed by atoms with van der Waals surface area (Å²) >= 11 is 0. The molecule has 0 saturated carbocycles. The van der Waals surface area contributed by atoms with E-state index in [1.807, 2.05) is 12.1 Å². The molecule has 0 radical (unpaired) electrons. The molecule has 0 saturated heterocycles. The number of aromatic nitrogens is 2. The van der Waals surface area contributed by atoms with Crippen molar-refractivity contribution in [1.82, 2.24) is 9.97 Å². The Kier molecular flexibility index (Phi) is 8.54. The number of hydrogen-bond acceptors (Lipinski definition) is 8. The number of aromatic amines is 1. The molecule has 1 unspecified atom stereocenters. The second-order valence-electron chi connectivity index (χ2n) is 8.51. The van der Waals surface area contributed by atoms with E-state index in [-0.39, 0.29) is 6.42 Å². The minimum atomic E-state index is -5.28. The minimum Gasteiger partial charge on any atom is -0.493 e. The molecule has 4 rings (SSSR count). The van der Waals surface area contributed by atoms with Crippen LogP contribution in [0.2, 0.25) is 0 Å². The fourth-order valence-electron chi connectivity index (χ4n) is 3.97. The lowest BCUT2D eigenvalue weighted by Crippen LogP contribution is -2.27. The lowest BCUT2D eigenvalue weighted by atomic mass is 9.88. The normalized spacial score (nSPS) is 12.1. The van der Waals surface area contributed by atoms with Crippen molar-refractivity contribution in [3.63, 3.8) is 0 Å². The maximum atomic E-state index is 12.4. The van der Waals surface area contributed by atoms with Crippen LogP contribution in [0.5, 0.6) is 5.75 Å². The highest BCUT2D eigenvalue weighted by Gasteiger charge is 2.43. The van der Waals surface area contributed by atoms with E-state index in [4.69, 9.17) is 10.5 Å². The Bertz CT molecular complexity index is 1430. The van der Waals surface area contributed by atoms with Crippen LogP contribution in [0.3, 0.4) is 0 Å². The standard InChI is InChI=1S/C27H25F3N4O5/c28-27(29,30)26(36)39-38-24(35)15-20(17-6-2-1-3-7-17)21-16-34-23-14-18(9-10-19(21)23)37-13-5-12-33-25-22(31)8-4-11-32-25/h1-4,6-11,14,16,20,34H,5,12-13,15,31H2,(H,32,33). The maximum Gasteiger partial charge on any atom is 0.495 e. The summed E-state index contributed by atoms with van der Waals surface area (Å²) < 4.78 is 43.0. The second kappa shape index (κ2) is 12.2. The molecule has 0 amide bonds. The van der Waals surface area contributed by atoms with Gasteiger partial charge in [0, 0.05) is 41.8 Å². The van der Waals surface area contributed by atoms with Crippen LogP contribution in [-0.2, 0) is 19.4 Å². The average Bonchev–Trinajstić information content (AvgIpc) is 3.34. The van der Waals surface area contributed by atoms with Crippen molar-refractivity contribution in [2.75, 3.05) is 24.2 Å². The summed E-state index contributed by atoms with van der Waals surface area (Å²) in [5.74, 6) is -3.08. The van der Waals surface area contributed by atoms with Gasteiger partial charge in [-0.1, -0.05) is 30.3 Å². The number of fused-ring (bicyclic) bond motifs is 1. The van der Waals surface area contributed by atoms with Gasteiger partial charge in [-0.15, -0.1) is 0 Å². The van der Waals surface area contributed by atoms with E-state index in [9.17, 15) is 22.8 Å². The monoisotopic (exact) mass is 542 g/mol. The van der Waals surface area contributed by atoms with Gasteiger partial charge >= 0.3 is 18.1 Å². The van der Waals surface area contributed by atoms with Gasteiger partial charge in [0.25, 0.3) is 0 Å². The first-order valence-corrected chi connectivity index (χ1v) is 11.9. The van der Waals surface area contributed by atoms with Crippen LogP contribution < -0.4 is 15.8 Å². The fraction of sp³-hybridized carbons (Fsp3) is 0.222. The Hall–Kier alpha value is -4.74. The third kappa shape index (κ3) is 7.18. The minimum absolute atomic E-state index is 0.367. The van der Waals surface area contributed by atoms with Gasteiger partial charge in [-0.25, -0.2) is 24.3 Å². The molecule has 2 heterocycles. The Morgan fingerprint density at radius 3 is 2.59 bits per heavy atom. The molecule has 0 spiro atoms. The number of carbonyl (C=O) groups excluding carboxylic acids is 2. The first-order valence-electron chi connectivity index (χ1n) is 11.9. The van der Waals surface area contributed by atoms with E-state index >= 15 is 0 Å². The van der Waals surface area contributed by atoms with Crippen LogP contribution >= 0.6 is 0 Å². The Morgan fingerprint density at radius 1 is 1.05 bits per heavy atom. The molecule has 1 atom stereocenters. The molecule has 0 aliphatic carbocycles. The van der Waals surface area contributed by atoms with Crippen LogP contribution in [0.1, 0.15) is 29.9 Å². The van der Waals surface area contributed by atoms with Crippen molar-refractivity contribution in [1.29, 1.82) is 0 Å². The molecular weight excluding hydrogens is 517 g/mol. The molecule has 0 aliphatic heterocycles. The smallest absolute Gasteiger partial charge is 0.493 e. The summed E-state index contributed by atoms with van der Waals surface area (Å²) in [5.41, 5.74) is 8.59. The highest BCUT2D eigenvalue weighted by atomic mass is 19.4. The Morgan fingerprint density at radius 2 is 1.85 bits per heavy atom. The summed E-state index contributed by atoms with van der Waals surface area (Å²) in [4.78, 5) is 38.3. The highest BCUT2D eigenvalue weighted by molar-refractivity contribution is 5.86. The number of halogens is 3. The number of nitrogens with zero attached hydrogens (tertiary/aromatic N) is 1. The van der Waals surface area contributed by atoms with E-state index in [1.165, 1.54) is 0 Å². The molecule has 0 bridgehead atoms. The quantitative estimate of drug-likeness (QED) is 0.143. The predicted octanol–water partition coefficient (Wildman–Crippen LogP) is 5.11. The van der Waals surface area contributed by atoms with Gasteiger partial charge < -0.3 is 20.8 Å². The predicted molar refractivity (Wildman–Crippen MR) is 137 cm³/mol. The zero-order valence-corrected chi connectivity index (χ0v) is 20.5. The third-order valence-corrected chi connectivity index (χ3v) is 5.80. The van der Waals surface area contributed by atoms with Gasteiger partial charge in [0.2, 0.25) is 0 Å². The maximum absolute atomic E-state index is 12.4. The molecule has 4 aromatic rings. The summed E-state index contributed by atoms with van der Waals surface area (Å²) in [5, 5.41) is 3.94. The molecule has 39 heavy (non-hydrogen) atoms. The van der Waals surface area contributed by atoms with E-state index in [0.717, 1.165) is 16.5 Å². The number of nitrogens with two attached hydrogens (primary N) is 1. The number of anilines is 2. The SMILES string of the molecule is Nc1cccnc1NCCCOc1ccc2c(C(CC(=O)OOC(=O)C(F)(F)F)c3ccccc3)c[nH]c2c1. The van der Waals surface area contributed by atoms with Gasteiger partial charge in [-0.05, 0) is 41.8 Å². The number of hydrogen-bond donors (Lipinski definition) is 3. The number of alkyl halides is 3. The topological polar surface area (TPSA) is 129 Å². The van der Waals surface area contributed by atoms with Gasteiger partial charge in [-0.2, -0.15) is 13.2 Å². The fourth-order valence-corrected chi connectivity index (χ4v) is 3.97. The van der Waals surface area contributed by atoms with Crippen LogP contribution in [0.4, 0.5) is 24.7 Å². The average molecular weight is 543 g/mol. The summed E-state index contributed by atoms with van der Waals surface area (Å²) in [6.07, 6.45) is -1.58. The zero-order valence-electron chi connectivity index (χ0n) is 20.5. The van der Waals surface area contributed by atoms with Gasteiger partial charge in [0.15, 0.2) is 0 Å². The second-order valence-corrected chi connectivity index (χ2v) is 8.51. The Labute approximate surface area is 221 Å². The lowest BCUT2D eigenvalue weighted by Gasteiger charge is -2.16. The third-order valence-electron chi connectivity index (χ3n) is 5.80. The van der Waals surface area contributed by atoms with Crippen LogP contribution in [0.25, 0.3) is 10.9 Å². The molecule has 2 aromatic carbocycles. The number of benzene rings is 2. The number of carbonyl (C=O) groups is 2. The molecule has 0 aliphatic rings. The molecule has 4 N–H and O–H groups in total. The van der Waals surface area contributed by atoms with Crippen molar-refractivity contribution in [2.45, 2.75) is 24.9 Å². The summed E-state index contributed by atoms with van der Waals surface area (Å²) in [7, 11) is 0. The van der Waals surface area contributed by atoms with Gasteiger partial charge in [-0.3, -0.25) is 0 Å². The van der Waals surface area contributed by atoms with Crippen LogP contribution in [0.15, 0.2) is 73.1 Å². The van der Waals surface area contributed by atoms with Crippen molar-refractivity contribution in [3.05, 3.63) is 84.2 Å². The largest absolute Gasteiger partial charge is 0.495 e. The number of ether oxygens (including phenoxy) is 1. The van der Waals surface area contributed by atoms with Crippen molar-refractivity contribution in [2.24, 2.45) is 0 Å². The molecule has 9 nitrogen and oxygen atoms in total. The first kappa shape index (κ1) is 27.3. The van der Waals surface area contributed by atoms with Crippen molar-refractivity contribution in [3.8, 4) is 5.75 Å². The van der Waals surface area contributed by atoms with Crippen molar-refractivity contribution < 1.29 is 37.3 Å². The number of rotatable bonds is 10. The number of nitrogens with one attached hydrogen (secondary N) is 2. The molecule has 204 valence electrons. The number of nitrogen functional groups attached to an aromatic ring is 1. The van der Waals surface area contributed by atoms with Gasteiger partial charge in [0.1, 0.15) is 11.6 Å². The number of H-pyrrole nitrogens is 1. The van der Waals surface area contributed by atoms with Gasteiger partial charge in [0.05, 0.1) is 18.7 Å². The first-order chi connectivity index (χ1) is 18.7. The summed E-state index contributed by atoms with van der Waals surface area (Å²) in [6.45, 7) is 1.05. The van der Waals surface area contributed by atoms with Crippen LogP contribution in [-0.4, -0.2) is 41.2 Å². The van der Waals surface area contributed by atoms with E-state index in [2.05, 4.69) is 25.1 Å². The molecular formula is C27H25F3N4O5. The molecule has 0 fully saturated rings. The number of pyridine rings is 1. The Balaban J connectivity index is 1.41. The van der Waals surface area contributed by atoms with E-state index in [1.54, 1.807) is 60.9 Å². The molecule has 2 aromatic heterocycles.